The van der Waals surface area contributed by atoms with E-state index in [9.17, 15) is 10.1 Å². The normalized spacial score (nSPS) is 10.8. The Morgan fingerprint density at radius 2 is 2.12 bits per heavy atom. The van der Waals surface area contributed by atoms with Crippen LogP contribution in [0.4, 0.5) is 5.82 Å². The Hall–Kier alpha value is -2.28. The molecule has 0 saturated carbocycles. The number of imidazole rings is 1. The number of nitrogens with zero attached hydrogens (tertiary/aromatic N) is 4. The van der Waals surface area contributed by atoms with Gasteiger partial charge in [0.05, 0.1) is 5.69 Å². The van der Waals surface area contributed by atoms with E-state index in [0.29, 0.717) is 4.83 Å². The number of thiazole rings is 1. The molecule has 0 spiro atoms. The van der Waals surface area contributed by atoms with Crippen molar-refractivity contribution in [2.24, 2.45) is 0 Å². The van der Waals surface area contributed by atoms with E-state index in [1.54, 1.807) is 16.8 Å². The Bertz CT molecular complexity index is 689. The molecule has 0 saturated heterocycles. The summed E-state index contributed by atoms with van der Waals surface area (Å²) in [4.78, 5) is 18.6. The van der Waals surface area contributed by atoms with Gasteiger partial charge in [-0.15, -0.1) is 11.3 Å². The van der Waals surface area contributed by atoms with Crippen molar-refractivity contribution in [3.8, 4) is 11.3 Å². The van der Waals surface area contributed by atoms with Crippen molar-refractivity contribution >= 4 is 22.0 Å². The van der Waals surface area contributed by atoms with Crippen LogP contribution >= 0.6 is 11.3 Å². The molecule has 84 valence electrons. The third-order valence-electron chi connectivity index (χ3n) is 2.40. The molecule has 3 heterocycles. The van der Waals surface area contributed by atoms with Crippen molar-refractivity contribution in [1.29, 1.82) is 0 Å². The largest absolute Gasteiger partial charge is 0.400 e. The van der Waals surface area contributed by atoms with Crippen LogP contribution in [0.2, 0.25) is 0 Å². The number of pyridine rings is 1. The molecule has 0 aliphatic carbocycles. The van der Waals surface area contributed by atoms with Crippen LogP contribution < -0.4 is 0 Å². The number of aromatic nitrogens is 3. The SMILES string of the molecule is O=[N+]([O-])c1ncn2c(-c3ccncc3)csc12. The smallest absolute Gasteiger partial charge is 0.358 e. The van der Waals surface area contributed by atoms with E-state index in [1.807, 2.05) is 17.5 Å². The maximum atomic E-state index is 10.7. The third kappa shape index (κ3) is 1.48. The molecule has 0 N–H and O–H groups in total. The minimum atomic E-state index is -0.470. The molecule has 17 heavy (non-hydrogen) atoms. The summed E-state index contributed by atoms with van der Waals surface area (Å²) in [5, 5.41) is 12.6. The zero-order valence-corrected chi connectivity index (χ0v) is 9.29. The second-order valence-electron chi connectivity index (χ2n) is 3.36. The summed E-state index contributed by atoms with van der Waals surface area (Å²) in [6.45, 7) is 0. The topological polar surface area (TPSA) is 73.3 Å². The molecule has 0 aliphatic rings. The van der Waals surface area contributed by atoms with E-state index < -0.39 is 4.92 Å². The molecule has 0 bridgehead atoms. The molecule has 0 amide bonds. The van der Waals surface area contributed by atoms with E-state index in [-0.39, 0.29) is 5.82 Å². The second kappa shape index (κ2) is 3.63. The van der Waals surface area contributed by atoms with Crippen molar-refractivity contribution in [2.75, 3.05) is 0 Å². The van der Waals surface area contributed by atoms with E-state index in [1.165, 1.54) is 17.7 Å². The van der Waals surface area contributed by atoms with Crippen LogP contribution in [0.15, 0.2) is 36.2 Å². The summed E-state index contributed by atoms with van der Waals surface area (Å²) in [5.74, 6) is -0.102. The summed E-state index contributed by atoms with van der Waals surface area (Å²) in [5.41, 5.74) is 1.84. The highest BCUT2D eigenvalue weighted by Crippen LogP contribution is 2.30. The molecule has 0 radical (unpaired) electrons. The molecule has 7 heteroatoms. The minimum Gasteiger partial charge on any atom is -0.358 e. The van der Waals surface area contributed by atoms with Gasteiger partial charge in [-0.05, 0) is 22.0 Å². The van der Waals surface area contributed by atoms with E-state index in [2.05, 4.69) is 9.97 Å². The van der Waals surface area contributed by atoms with Gasteiger partial charge in [-0.2, -0.15) is 0 Å². The third-order valence-corrected chi connectivity index (χ3v) is 3.34. The van der Waals surface area contributed by atoms with Gasteiger partial charge in [0.1, 0.15) is 0 Å². The maximum absolute atomic E-state index is 10.7. The van der Waals surface area contributed by atoms with Gasteiger partial charge in [0.15, 0.2) is 0 Å². The Morgan fingerprint density at radius 3 is 2.82 bits per heavy atom. The molecule has 3 rings (SSSR count). The fourth-order valence-electron chi connectivity index (χ4n) is 1.63. The fourth-order valence-corrected chi connectivity index (χ4v) is 2.60. The lowest BCUT2D eigenvalue weighted by molar-refractivity contribution is -0.387. The molecular weight excluding hydrogens is 240 g/mol. The monoisotopic (exact) mass is 246 g/mol. The minimum absolute atomic E-state index is 0.102. The van der Waals surface area contributed by atoms with Crippen LogP contribution in [0, 0.1) is 10.1 Å². The van der Waals surface area contributed by atoms with Crippen molar-refractivity contribution in [3.05, 3.63) is 46.3 Å². The average Bonchev–Trinajstić information content (AvgIpc) is 2.89. The van der Waals surface area contributed by atoms with Crippen LogP contribution in [0.3, 0.4) is 0 Å². The molecule has 0 atom stereocenters. The van der Waals surface area contributed by atoms with Gasteiger partial charge in [0.2, 0.25) is 11.2 Å². The number of fused-ring (bicyclic) bond motifs is 1. The number of hydrogen-bond donors (Lipinski definition) is 0. The van der Waals surface area contributed by atoms with Gasteiger partial charge in [0, 0.05) is 23.3 Å². The molecular formula is C10H6N4O2S. The lowest BCUT2D eigenvalue weighted by Crippen LogP contribution is -1.87. The van der Waals surface area contributed by atoms with Crippen LogP contribution in [0.25, 0.3) is 16.1 Å². The second-order valence-corrected chi connectivity index (χ2v) is 4.22. The van der Waals surface area contributed by atoms with Crippen molar-refractivity contribution in [1.82, 2.24) is 14.4 Å². The van der Waals surface area contributed by atoms with Crippen molar-refractivity contribution < 1.29 is 4.92 Å². The first-order valence-electron chi connectivity index (χ1n) is 4.76. The summed E-state index contributed by atoms with van der Waals surface area (Å²) >= 11 is 1.31. The Balaban J connectivity index is 2.23. The highest BCUT2D eigenvalue weighted by molar-refractivity contribution is 7.16. The molecule has 3 aromatic rings. The van der Waals surface area contributed by atoms with Crippen LogP contribution in [0.5, 0.6) is 0 Å². The number of hydrogen-bond acceptors (Lipinski definition) is 5. The molecule has 0 fully saturated rings. The Kier molecular flexibility index (Phi) is 2.12. The van der Waals surface area contributed by atoms with Gasteiger partial charge in [-0.3, -0.25) is 9.38 Å². The lowest BCUT2D eigenvalue weighted by atomic mass is 10.2. The highest BCUT2D eigenvalue weighted by atomic mass is 32.1. The van der Waals surface area contributed by atoms with Crippen molar-refractivity contribution in [2.45, 2.75) is 0 Å². The van der Waals surface area contributed by atoms with Gasteiger partial charge < -0.3 is 10.1 Å². The van der Waals surface area contributed by atoms with E-state index >= 15 is 0 Å². The zero-order chi connectivity index (χ0) is 11.8. The first kappa shape index (κ1) is 9.91. The molecule has 0 unspecified atom stereocenters. The summed E-state index contributed by atoms with van der Waals surface area (Å²) in [6.07, 6.45) is 4.84. The molecule has 0 aliphatic heterocycles. The molecule has 0 aromatic carbocycles. The van der Waals surface area contributed by atoms with E-state index in [0.717, 1.165) is 11.3 Å². The van der Waals surface area contributed by atoms with Gasteiger partial charge in [0.25, 0.3) is 0 Å². The van der Waals surface area contributed by atoms with Gasteiger partial charge in [-0.1, -0.05) is 0 Å². The Labute approximate surface area is 99.3 Å². The standard InChI is InChI=1S/C10H6N4O2S/c15-14(16)9-10-13(6-12-9)8(5-17-10)7-1-3-11-4-2-7/h1-6H. The zero-order valence-electron chi connectivity index (χ0n) is 8.48. The summed E-state index contributed by atoms with van der Waals surface area (Å²) in [7, 11) is 0. The molecule has 3 aromatic heterocycles. The van der Waals surface area contributed by atoms with Crippen molar-refractivity contribution in [3.63, 3.8) is 0 Å². The number of rotatable bonds is 2. The predicted molar refractivity (Wildman–Crippen MR) is 63.0 cm³/mol. The van der Waals surface area contributed by atoms with Gasteiger partial charge in [-0.25, -0.2) is 0 Å². The summed E-state index contributed by atoms with van der Waals surface area (Å²) < 4.78 is 1.72. The first-order valence-corrected chi connectivity index (χ1v) is 5.64. The highest BCUT2D eigenvalue weighted by Gasteiger charge is 2.19. The van der Waals surface area contributed by atoms with Crippen LogP contribution in [-0.4, -0.2) is 19.3 Å². The summed E-state index contributed by atoms with van der Waals surface area (Å²) in [6, 6.07) is 3.71. The number of nitro groups is 1. The predicted octanol–water partition coefficient (Wildman–Crippen LogP) is 2.37. The lowest BCUT2D eigenvalue weighted by Gasteiger charge is -1.96. The molecule has 6 nitrogen and oxygen atoms in total. The van der Waals surface area contributed by atoms with E-state index in [4.69, 9.17) is 0 Å². The van der Waals surface area contributed by atoms with Crippen LogP contribution in [0.1, 0.15) is 0 Å². The first-order chi connectivity index (χ1) is 8.27. The quantitative estimate of drug-likeness (QED) is 0.514. The average molecular weight is 246 g/mol. The van der Waals surface area contributed by atoms with Gasteiger partial charge >= 0.3 is 5.82 Å². The van der Waals surface area contributed by atoms with Crippen LogP contribution in [-0.2, 0) is 0 Å². The Morgan fingerprint density at radius 1 is 1.35 bits per heavy atom. The fraction of sp³-hybridized carbons (Fsp3) is 0. The maximum Gasteiger partial charge on any atom is 0.400 e.